The van der Waals surface area contributed by atoms with Crippen LogP contribution in [0.4, 0.5) is 0 Å². The number of allylic oxidation sites excluding steroid dienone is 26. The zero-order valence-corrected chi connectivity index (χ0v) is 51.5. The first-order valence-corrected chi connectivity index (χ1v) is 32.5. The number of carbonyl (C=O) groups excluding carboxylic acids is 3. The minimum atomic E-state index is -0.804. The summed E-state index contributed by atoms with van der Waals surface area (Å²) in [6.07, 6.45) is 96.8. The topological polar surface area (TPSA) is 78.9 Å². The lowest BCUT2D eigenvalue weighted by Gasteiger charge is -2.18. The third kappa shape index (κ3) is 63.9. The van der Waals surface area contributed by atoms with Gasteiger partial charge in [0.15, 0.2) is 6.10 Å². The van der Waals surface area contributed by atoms with E-state index in [0.717, 1.165) is 180 Å². The van der Waals surface area contributed by atoms with Crippen LogP contribution < -0.4 is 0 Å². The van der Waals surface area contributed by atoms with Crippen molar-refractivity contribution in [3.63, 3.8) is 0 Å². The summed E-state index contributed by atoms with van der Waals surface area (Å²) in [6.45, 7) is 6.40. The summed E-state index contributed by atoms with van der Waals surface area (Å²) in [7, 11) is 0. The largest absolute Gasteiger partial charge is 0.462 e. The van der Waals surface area contributed by atoms with Gasteiger partial charge in [0, 0.05) is 19.3 Å². The third-order valence-corrected chi connectivity index (χ3v) is 13.2. The molecule has 450 valence electrons. The van der Waals surface area contributed by atoms with Crippen LogP contribution in [0.3, 0.4) is 0 Å². The SMILES string of the molecule is CC/C=C\C/C=C\C/C=C\C/C=C\C/C=C\C/C=C\C/C=C\C/C=C\C/C=C\CCCCCCCC(=O)OCC(COC(=O)CCCCCCC/C=C\CCC)OC(=O)CCCCCCCC/C=C\C/C=C\C/C=C\CCCCC. The van der Waals surface area contributed by atoms with E-state index in [1.807, 2.05) is 0 Å². The first-order chi connectivity index (χ1) is 39.5. The molecule has 0 heterocycles. The highest BCUT2D eigenvalue weighted by molar-refractivity contribution is 5.71. The molecule has 6 nitrogen and oxygen atoms in total. The summed E-state index contributed by atoms with van der Waals surface area (Å²) < 4.78 is 16.8. The molecule has 0 saturated carbocycles. The Morgan fingerprint density at radius 3 is 0.825 bits per heavy atom. The van der Waals surface area contributed by atoms with Gasteiger partial charge in [0.05, 0.1) is 0 Å². The fourth-order valence-corrected chi connectivity index (χ4v) is 8.38. The van der Waals surface area contributed by atoms with Crippen molar-refractivity contribution in [2.45, 2.75) is 277 Å². The molecule has 0 aliphatic rings. The highest BCUT2D eigenvalue weighted by Gasteiger charge is 2.19. The fraction of sp³-hybridized carbons (Fsp3) is 0.608. The van der Waals surface area contributed by atoms with Gasteiger partial charge < -0.3 is 14.2 Å². The number of esters is 3. The second-order valence-electron chi connectivity index (χ2n) is 20.9. The molecule has 0 rings (SSSR count). The van der Waals surface area contributed by atoms with E-state index in [9.17, 15) is 14.4 Å². The van der Waals surface area contributed by atoms with E-state index >= 15 is 0 Å². The number of hydrogen-bond acceptors (Lipinski definition) is 6. The maximum atomic E-state index is 12.9. The lowest BCUT2D eigenvalue weighted by molar-refractivity contribution is -0.167. The average Bonchev–Trinajstić information content (AvgIpc) is 3.46. The molecule has 0 radical (unpaired) electrons. The smallest absolute Gasteiger partial charge is 0.306 e. The predicted octanol–water partition coefficient (Wildman–Crippen LogP) is 22.5. The molecule has 0 aromatic heterocycles. The minimum Gasteiger partial charge on any atom is -0.462 e. The van der Waals surface area contributed by atoms with Crippen LogP contribution in [0.15, 0.2) is 158 Å². The Bertz CT molecular complexity index is 1790. The number of rotatable bonds is 57. The summed E-state index contributed by atoms with van der Waals surface area (Å²) in [4.78, 5) is 38.2. The van der Waals surface area contributed by atoms with Gasteiger partial charge >= 0.3 is 17.9 Å². The van der Waals surface area contributed by atoms with Gasteiger partial charge in [0.1, 0.15) is 13.2 Å². The monoisotopic (exact) mass is 1100 g/mol. The number of unbranched alkanes of at least 4 members (excludes halogenated alkanes) is 20. The van der Waals surface area contributed by atoms with Gasteiger partial charge in [-0.1, -0.05) is 262 Å². The zero-order valence-electron chi connectivity index (χ0n) is 51.5. The van der Waals surface area contributed by atoms with E-state index in [4.69, 9.17) is 14.2 Å². The van der Waals surface area contributed by atoms with Crippen molar-refractivity contribution in [3.05, 3.63) is 158 Å². The van der Waals surface area contributed by atoms with Crippen molar-refractivity contribution in [1.29, 1.82) is 0 Å². The summed E-state index contributed by atoms with van der Waals surface area (Å²) in [6, 6.07) is 0. The summed E-state index contributed by atoms with van der Waals surface area (Å²) >= 11 is 0. The van der Waals surface area contributed by atoms with E-state index < -0.39 is 6.10 Å². The van der Waals surface area contributed by atoms with E-state index in [2.05, 4.69) is 179 Å². The fourth-order valence-electron chi connectivity index (χ4n) is 8.38. The van der Waals surface area contributed by atoms with Crippen LogP contribution in [0.25, 0.3) is 0 Å². The van der Waals surface area contributed by atoms with Crippen LogP contribution in [-0.2, 0) is 28.6 Å². The van der Waals surface area contributed by atoms with Crippen LogP contribution in [0.2, 0.25) is 0 Å². The van der Waals surface area contributed by atoms with Crippen molar-refractivity contribution in [2.24, 2.45) is 0 Å². The maximum Gasteiger partial charge on any atom is 0.306 e. The summed E-state index contributed by atoms with van der Waals surface area (Å²) in [5.41, 5.74) is 0. The zero-order chi connectivity index (χ0) is 57.8. The molecule has 1 unspecified atom stereocenters. The summed E-state index contributed by atoms with van der Waals surface area (Å²) in [5.74, 6) is -0.946. The quantitative estimate of drug-likeness (QED) is 0.0261. The molecular weight excluding hydrogens is 985 g/mol. The number of ether oxygens (including phenoxy) is 3. The lowest BCUT2D eigenvalue weighted by atomic mass is 10.1. The highest BCUT2D eigenvalue weighted by Crippen LogP contribution is 2.14. The van der Waals surface area contributed by atoms with E-state index in [1.165, 1.54) is 51.4 Å². The van der Waals surface area contributed by atoms with Gasteiger partial charge in [-0.25, -0.2) is 0 Å². The Hall–Kier alpha value is -4.97. The van der Waals surface area contributed by atoms with Gasteiger partial charge in [-0.05, 0) is 148 Å². The van der Waals surface area contributed by atoms with E-state index in [1.54, 1.807) is 0 Å². The second-order valence-corrected chi connectivity index (χ2v) is 20.9. The molecule has 1 atom stereocenters. The molecule has 0 fully saturated rings. The first kappa shape index (κ1) is 75.0. The molecule has 0 aromatic carbocycles. The van der Waals surface area contributed by atoms with Crippen molar-refractivity contribution in [1.82, 2.24) is 0 Å². The molecule has 0 aromatic rings. The van der Waals surface area contributed by atoms with Gasteiger partial charge in [0.2, 0.25) is 0 Å². The Morgan fingerprint density at radius 1 is 0.263 bits per heavy atom. The van der Waals surface area contributed by atoms with Gasteiger partial charge in [-0.3, -0.25) is 14.4 Å². The molecular formula is C74H118O6. The molecule has 80 heavy (non-hydrogen) atoms. The Morgan fingerprint density at radius 2 is 0.512 bits per heavy atom. The Balaban J connectivity index is 4.32. The number of hydrogen-bond donors (Lipinski definition) is 0. The van der Waals surface area contributed by atoms with Gasteiger partial charge in [-0.2, -0.15) is 0 Å². The molecule has 0 aliphatic carbocycles. The molecule has 6 heteroatoms. The van der Waals surface area contributed by atoms with Crippen molar-refractivity contribution in [3.8, 4) is 0 Å². The Kier molecular flexibility index (Phi) is 62.4. The van der Waals surface area contributed by atoms with E-state index in [0.29, 0.717) is 19.3 Å². The van der Waals surface area contributed by atoms with Crippen LogP contribution in [0.1, 0.15) is 271 Å². The first-order valence-electron chi connectivity index (χ1n) is 32.5. The lowest BCUT2D eigenvalue weighted by Crippen LogP contribution is -2.30. The van der Waals surface area contributed by atoms with E-state index in [-0.39, 0.29) is 31.1 Å². The molecule has 0 amide bonds. The predicted molar refractivity (Wildman–Crippen MR) is 348 cm³/mol. The molecule has 0 bridgehead atoms. The van der Waals surface area contributed by atoms with Crippen LogP contribution in [-0.4, -0.2) is 37.2 Å². The van der Waals surface area contributed by atoms with Gasteiger partial charge in [0.25, 0.3) is 0 Å². The standard InChI is InChI=1S/C74H118O6/c1-4-7-10-13-16-19-22-24-26-28-30-31-32-33-34-35-36-37-38-39-40-41-42-43-45-46-48-50-52-55-58-61-64-67-73(76)79-70-71(69-78-72(75)66-63-60-57-54-21-18-15-12-9-6-3)80-74(77)68-65-62-59-56-53-51-49-47-44-29-27-25-23-20-17-14-11-8-5-2/h7,10,12,15-17,19-20,24-27,30-31,33-34,36-37,39-40,42-44,46-48,71H,4-6,8-9,11,13-14,18,21-23,28-29,32,35,38,41,45,49-70H2,1-3H3/b10-7-,15-12-,19-16-,20-17-,26-24-,27-25-,31-30-,34-33-,37-36-,40-39-,43-42-,47-44-,48-46-. The molecule has 0 N–H and O–H groups in total. The molecule has 0 saturated heterocycles. The molecule has 0 spiro atoms. The van der Waals surface area contributed by atoms with Crippen molar-refractivity contribution in [2.75, 3.05) is 13.2 Å². The van der Waals surface area contributed by atoms with Crippen LogP contribution in [0, 0.1) is 0 Å². The molecule has 0 aliphatic heterocycles. The second kappa shape index (κ2) is 66.5. The van der Waals surface area contributed by atoms with Crippen LogP contribution in [0.5, 0.6) is 0 Å². The summed E-state index contributed by atoms with van der Waals surface area (Å²) in [5, 5.41) is 0. The maximum absolute atomic E-state index is 12.9. The third-order valence-electron chi connectivity index (χ3n) is 13.2. The minimum absolute atomic E-state index is 0.0996. The Labute approximate surface area is 492 Å². The van der Waals surface area contributed by atoms with Crippen molar-refractivity contribution >= 4 is 17.9 Å². The average molecular weight is 1100 g/mol. The van der Waals surface area contributed by atoms with Crippen molar-refractivity contribution < 1.29 is 28.6 Å². The van der Waals surface area contributed by atoms with Crippen LogP contribution >= 0.6 is 0 Å². The van der Waals surface area contributed by atoms with Gasteiger partial charge in [-0.15, -0.1) is 0 Å². The number of carbonyl (C=O) groups is 3. The normalized spacial score (nSPS) is 13.2. The highest BCUT2D eigenvalue weighted by atomic mass is 16.6.